The molecule has 3 heterocycles. The van der Waals surface area contributed by atoms with Crippen LogP contribution in [0, 0.1) is 11.7 Å². The minimum atomic E-state index is -1.24. The molecule has 1 amide bonds. The summed E-state index contributed by atoms with van der Waals surface area (Å²) in [5, 5.41) is 2.97. The van der Waals surface area contributed by atoms with Gasteiger partial charge in [0.05, 0.1) is 5.92 Å². The van der Waals surface area contributed by atoms with Crippen LogP contribution in [-0.2, 0) is 10.3 Å². The maximum Gasteiger partial charge on any atom is 0.250 e. The average Bonchev–Trinajstić information content (AvgIpc) is 3.48. The van der Waals surface area contributed by atoms with Gasteiger partial charge < -0.3 is 5.32 Å². The van der Waals surface area contributed by atoms with Gasteiger partial charge in [0.2, 0.25) is 5.91 Å². The first-order valence-corrected chi connectivity index (χ1v) is 11.9. The second-order valence-corrected chi connectivity index (χ2v) is 9.59. The fourth-order valence-corrected chi connectivity index (χ4v) is 7.20. The van der Waals surface area contributed by atoms with Crippen molar-refractivity contribution in [1.82, 2.24) is 4.90 Å². The Morgan fingerprint density at radius 2 is 1.75 bits per heavy atom. The molecule has 4 atom stereocenters. The van der Waals surface area contributed by atoms with Crippen LogP contribution in [0.5, 0.6) is 0 Å². The number of hydrogen-bond donors (Lipinski definition) is 1. The van der Waals surface area contributed by atoms with Crippen LogP contribution in [0.3, 0.4) is 0 Å². The molecule has 6 heteroatoms. The highest BCUT2D eigenvalue weighted by atomic mass is 32.2. The van der Waals surface area contributed by atoms with Gasteiger partial charge in [0.15, 0.2) is 5.78 Å². The van der Waals surface area contributed by atoms with Crippen LogP contribution in [0.1, 0.15) is 27.4 Å². The minimum Gasteiger partial charge on any atom is -0.324 e. The Kier molecular flexibility index (Phi) is 4.49. The van der Waals surface area contributed by atoms with Crippen LogP contribution in [-0.4, -0.2) is 34.3 Å². The lowest BCUT2D eigenvalue weighted by Gasteiger charge is -2.36. The summed E-state index contributed by atoms with van der Waals surface area (Å²) in [4.78, 5) is 30.1. The molecule has 3 aromatic rings. The molecule has 0 unspecified atom stereocenters. The Hall–Kier alpha value is -2.96. The van der Waals surface area contributed by atoms with Crippen molar-refractivity contribution in [2.45, 2.75) is 17.5 Å². The maximum atomic E-state index is 14.5. The largest absolute Gasteiger partial charge is 0.324 e. The van der Waals surface area contributed by atoms with Gasteiger partial charge in [0.25, 0.3) is 0 Å². The van der Waals surface area contributed by atoms with E-state index in [9.17, 15) is 14.0 Å². The van der Waals surface area contributed by atoms with E-state index in [0.29, 0.717) is 22.7 Å². The summed E-state index contributed by atoms with van der Waals surface area (Å²) in [7, 11) is 0. The summed E-state index contributed by atoms with van der Waals surface area (Å²) in [5.41, 5.74) is 1.53. The number of benzene rings is 3. The maximum absolute atomic E-state index is 14.5. The molecule has 0 aromatic heterocycles. The molecule has 0 bridgehead atoms. The van der Waals surface area contributed by atoms with Crippen LogP contribution in [0.25, 0.3) is 0 Å². The molecule has 160 valence electrons. The summed E-state index contributed by atoms with van der Waals surface area (Å²) in [6.07, 6.45) is 0. The number of rotatable bonds is 3. The molecule has 1 N–H and O–H groups in total. The number of thioether (sulfide) groups is 1. The molecule has 0 saturated carbocycles. The molecule has 3 aliphatic rings. The van der Waals surface area contributed by atoms with Gasteiger partial charge in [0, 0.05) is 40.4 Å². The van der Waals surface area contributed by atoms with E-state index in [2.05, 4.69) is 10.2 Å². The van der Waals surface area contributed by atoms with Crippen molar-refractivity contribution >= 4 is 29.1 Å². The number of Topliss-reactive ketones (excluding diaryl/α,β-unsaturated/α-hetero) is 1. The van der Waals surface area contributed by atoms with E-state index in [1.54, 1.807) is 30.0 Å². The lowest BCUT2D eigenvalue weighted by molar-refractivity contribution is -0.127. The minimum absolute atomic E-state index is 0.0000274. The predicted octanol–water partition coefficient (Wildman–Crippen LogP) is 4.64. The number of amides is 1. The zero-order valence-electron chi connectivity index (χ0n) is 17.2. The average molecular weight is 445 g/mol. The van der Waals surface area contributed by atoms with Gasteiger partial charge in [-0.15, -0.1) is 11.8 Å². The van der Waals surface area contributed by atoms with Crippen molar-refractivity contribution < 1.29 is 14.0 Å². The van der Waals surface area contributed by atoms with Gasteiger partial charge in [0.1, 0.15) is 11.4 Å². The summed E-state index contributed by atoms with van der Waals surface area (Å²) in [6, 6.07) is 23.5. The number of fused-ring (bicyclic) bond motifs is 4. The smallest absolute Gasteiger partial charge is 0.250 e. The highest BCUT2D eigenvalue weighted by Gasteiger charge is 2.69. The normalized spacial score (nSPS) is 28.5. The second kappa shape index (κ2) is 7.29. The third kappa shape index (κ3) is 2.60. The number of carbonyl (C=O) groups excluding carboxylic acids is 2. The van der Waals surface area contributed by atoms with E-state index in [-0.39, 0.29) is 23.7 Å². The van der Waals surface area contributed by atoms with Crippen molar-refractivity contribution in [3.05, 3.63) is 101 Å². The summed E-state index contributed by atoms with van der Waals surface area (Å²) >= 11 is 1.76. The molecule has 2 saturated heterocycles. The monoisotopic (exact) mass is 444 g/mol. The first-order chi connectivity index (χ1) is 15.6. The van der Waals surface area contributed by atoms with E-state index < -0.39 is 17.3 Å². The number of nitrogens with zero attached hydrogens (tertiary/aromatic N) is 1. The summed E-state index contributed by atoms with van der Waals surface area (Å²) in [6.45, 7) is 0. The molecule has 2 fully saturated rings. The lowest BCUT2D eigenvalue weighted by atomic mass is 9.69. The van der Waals surface area contributed by atoms with Crippen molar-refractivity contribution in [3.63, 3.8) is 0 Å². The Balaban J connectivity index is 1.63. The number of anilines is 1. The molecule has 1 spiro atoms. The standard InChI is InChI=1S/C26H21FN2O2S/c27-18-11-12-20-19(13-18)26(25(31)28-20)23(24(30)17-9-5-2-6-10-17)22(16-7-3-1-4-8-16)21-14-32-15-29(21)26/h1-13,21-23H,14-15H2,(H,28,31)/t21-,22+,23-,26-/m0/s1. The number of hydrogen-bond acceptors (Lipinski definition) is 4. The highest BCUT2D eigenvalue weighted by molar-refractivity contribution is 7.99. The van der Waals surface area contributed by atoms with Crippen LogP contribution in [0.15, 0.2) is 78.9 Å². The zero-order chi connectivity index (χ0) is 21.9. The molecule has 0 radical (unpaired) electrons. The molecule has 3 aliphatic heterocycles. The lowest BCUT2D eigenvalue weighted by Crippen LogP contribution is -2.52. The zero-order valence-corrected chi connectivity index (χ0v) is 18.0. The Labute approximate surface area is 189 Å². The van der Waals surface area contributed by atoms with Gasteiger partial charge >= 0.3 is 0 Å². The Morgan fingerprint density at radius 3 is 2.50 bits per heavy atom. The highest BCUT2D eigenvalue weighted by Crippen LogP contribution is 2.61. The molecular weight excluding hydrogens is 423 g/mol. The van der Waals surface area contributed by atoms with Crippen LogP contribution in [0.4, 0.5) is 10.1 Å². The van der Waals surface area contributed by atoms with Crippen molar-refractivity contribution in [2.24, 2.45) is 5.92 Å². The van der Waals surface area contributed by atoms with Crippen molar-refractivity contribution in [1.29, 1.82) is 0 Å². The third-order valence-corrected chi connectivity index (χ3v) is 8.15. The Bertz CT molecular complexity index is 1220. The predicted molar refractivity (Wildman–Crippen MR) is 123 cm³/mol. The van der Waals surface area contributed by atoms with Crippen molar-refractivity contribution in [3.8, 4) is 0 Å². The number of halogens is 1. The topological polar surface area (TPSA) is 49.4 Å². The van der Waals surface area contributed by atoms with Gasteiger partial charge in [-0.2, -0.15) is 0 Å². The molecular formula is C26H21FN2O2S. The molecule has 32 heavy (non-hydrogen) atoms. The summed E-state index contributed by atoms with van der Waals surface area (Å²) in [5.74, 6) is -0.130. The van der Waals surface area contributed by atoms with Crippen LogP contribution >= 0.6 is 11.8 Å². The van der Waals surface area contributed by atoms with Crippen LogP contribution < -0.4 is 5.32 Å². The van der Waals surface area contributed by atoms with E-state index in [1.807, 2.05) is 48.5 Å². The SMILES string of the molecule is O=C(c1ccccc1)[C@@H]1[C@H](c2ccccc2)[C@@H]2CSCN2[C@]12C(=O)Nc1ccc(F)cc12. The second-order valence-electron chi connectivity index (χ2n) is 8.59. The summed E-state index contributed by atoms with van der Waals surface area (Å²) < 4.78 is 14.5. The van der Waals surface area contributed by atoms with Crippen LogP contribution in [0.2, 0.25) is 0 Å². The molecule has 6 rings (SSSR count). The van der Waals surface area contributed by atoms with E-state index in [4.69, 9.17) is 0 Å². The third-order valence-electron chi connectivity index (χ3n) is 7.11. The van der Waals surface area contributed by atoms with E-state index in [1.165, 1.54) is 12.1 Å². The quantitative estimate of drug-likeness (QED) is 0.598. The fraction of sp³-hybridized carbons (Fsp3) is 0.231. The number of nitrogens with one attached hydrogen (secondary N) is 1. The van der Waals surface area contributed by atoms with Gasteiger partial charge in [-0.25, -0.2) is 4.39 Å². The Morgan fingerprint density at radius 1 is 1.03 bits per heavy atom. The van der Waals surface area contributed by atoms with Gasteiger partial charge in [-0.1, -0.05) is 60.7 Å². The number of carbonyl (C=O) groups is 2. The van der Waals surface area contributed by atoms with Gasteiger partial charge in [-0.05, 0) is 23.8 Å². The fourth-order valence-electron chi connectivity index (χ4n) is 5.88. The molecule has 3 aromatic carbocycles. The first kappa shape index (κ1) is 19.7. The first-order valence-electron chi connectivity index (χ1n) is 10.7. The molecule has 4 nitrogen and oxygen atoms in total. The van der Waals surface area contributed by atoms with Crippen molar-refractivity contribution in [2.75, 3.05) is 16.9 Å². The van der Waals surface area contributed by atoms with Gasteiger partial charge in [-0.3, -0.25) is 14.5 Å². The number of ketones is 1. The molecule has 0 aliphatic carbocycles. The van der Waals surface area contributed by atoms with E-state index >= 15 is 0 Å². The van der Waals surface area contributed by atoms with E-state index in [0.717, 1.165) is 11.3 Å².